The molecule has 0 bridgehead atoms. The van der Waals surface area contributed by atoms with E-state index < -0.39 is 0 Å². The van der Waals surface area contributed by atoms with Crippen LogP contribution in [0.3, 0.4) is 0 Å². The van der Waals surface area contributed by atoms with Crippen molar-refractivity contribution in [3.05, 3.63) is 21.7 Å². The number of hydrogen-bond acceptors (Lipinski definition) is 2. The predicted molar refractivity (Wildman–Crippen MR) is 57.1 cm³/mol. The summed E-state index contributed by atoms with van der Waals surface area (Å²) >= 11 is 3.44. The first-order valence-corrected chi connectivity index (χ1v) is 5.26. The molecular formula is C10H12BrNO. The Hall–Kier alpha value is -0.700. The van der Waals surface area contributed by atoms with Crippen molar-refractivity contribution in [1.82, 2.24) is 0 Å². The number of ether oxygens (including phenoxy) is 1. The van der Waals surface area contributed by atoms with E-state index in [9.17, 15) is 0 Å². The number of benzene rings is 1. The maximum absolute atomic E-state index is 5.89. The van der Waals surface area contributed by atoms with Crippen molar-refractivity contribution in [2.24, 2.45) is 0 Å². The van der Waals surface area contributed by atoms with E-state index in [0.717, 1.165) is 35.4 Å². The minimum atomic E-state index is 0.740. The lowest BCUT2D eigenvalue weighted by atomic mass is 10.0. The Bertz CT molecular complexity index is 349. The van der Waals surface area contributed by atoms with E-state index in [0.29, 0.717) is 0 Å². The summed E-state index contributed by atoms with van der Waals surface area (Å²) in [4.78, 5) is 0. The molecule has 0 atom stereocenters. The van der Waals surface area contributed by atoms with Gasteiger partial charge in [0, 0.05) is 16.5 Å². The van der Waals surface area contributed by atoms with Crippen LogP contribution < -0.4 is 10.5 Å². The Morgan fingerprint density at radius 1 is 1.62 bits per heavy atom. The number of nitrogen functional groups attached to an aromatic ring is 1. The van der Waals surface area contributed by atoms with Crippen molar-refractivity contribution in [2.75, 3.05) is 12.3 Å². The summed E-state index contributed by atoms with van der Waals surface area (Å²) in [6.45, 7) is 2.92. The second kappa shape index (κ2) is 3.22. The molecule has 70 valence electrons. The maximum atomic E-state index is 5.89. The molecule has 0 fully saturated rings. The van der Waals surface area contributed by atoms with Gasteiger partial charge in [-0.3, -0.25) is 0 Å². The Morgan fingerprint density at radius 2 is 2.38 bits per heavy atom. The first kappa shape index (κ1) is 8.88. The molecule has 2 nitrogen and oxygen atoms in total. The van der Waals surface area contributed by atoms with Gasteiger partial charge in [0.15, 0.2) is 0 Å². The molecule has 0 radical (unpaired) electrons. The van der Waals surface area contributed by atoms with Gasteiger partial charge in [-0.1, -0.05) is 6.92 Å². The number of anilines is 1. The third kappa shape index (κ3) is 1.31. The van der Waals surface area contributed by atoms with E-state index in [1.807, 2.05) is 0 Å². The van der Waals surface area contributed by atoms with Crippen LogP contribution in [0, 0.1) is 0 Å². The average molecular weight is 242 g/mol. The molecule has 0 aromatic heterocycles. The smallest absolute Gasteiger partial charge is 0.146 e. The van der Waals surface area contributed by atoms with E-state index in [1.165, 1.54) is 11.1 Å². The zero-order chi connectivity index (χ0) is 9.42. The van der Waals surface area contributed by atoms with Crippen LogP contribution in [0.4, 0.5) is 5.69 Å². The number of nitrogens with two attached hydrogens (primary N) is 1. The van der Waals surface area contributed by atoms with Crippen molar-refractivity contribution >= 4 is 21.6 Å². The molecule has 0 spiro atoms. The van der Waals surface area contributed by atoms with Crippen LogP contribution in [-0.4, -0.2) is 6.61 Å². The lowest BCUT2D eigenvalue weighted by Gasteiger charge is -2.09. The molecule has 1 heterocycles. The maximum Gasteiger partial charge on any atom is 0.146 e. The molecule has 2 N–H and O–H groups in total. The van der Waals surface area contributed by atoms with E-state index >= 15 is 0 Å². The van der Waals surface area contributed by atoms with Gasteiger partial charge in [-0.25, -0.2) is 0 Å². The van der Waals surface area contributed by atoms with Crippen LogP contribution in [0.15, 0.2) is 10.5 Å². The second-order valence-electron chi connectivity index (χ2n) is 3.19. The highest BCUT2D eigenvalue weighted by Gasteiger charge is 2.20. The largest absolute Gasteiger partial charge is 0.491 e. The Kier molecular flexibility index (Phi) is 2.20. The highest BCUT2D eigenvalue weighted by Crippen LogP contribution is 2.39. The number of aryl methyl sites for hydroxylation is 1. The molecular weight excluding hydrogens is 230 g/mol. The van der Waals surface area contributed by atoms with Gasteiger partial charge in [0.05, 0.1) is 12.3 Å². The Labute approximate surface area is 86.2 Å². The fourth-order valence-corrected chi connectivity index (χ4v) is 2.20. The van der Waals surface area contributed by atoms with Crippen molar-refractivity contribution in [3.63, 3.8) is 0 Å². The minimum Gasteiger partial charge on any atom is -0.491 e. The molecule has 1 aromatic rings. The molecule has 0 amide bonds. The van der Waals surface area contributed by atoms with Crippen LogP contribution in [-0.2, 0) is 12.8 Å². The summed E-state index contributed by atoms with van der Waals surface area (Å²) < 4.78 is 6.45. The van der Waals surface area contributed by atoms with Gasteiger partial charge in [-0.2, -0.15) is 0 Å². The van der Waals surface area contributed by atoms with Gasteiger partial charge in [-0.05, 0) is 34.0 Å². The molecule has 0 saturated carbocycles. The second-order valence-corrected chi connectivity index (χ2v) is 4.05. The molecule has 1 aliphatic heterocycles. The zero-order valence-corrected chi connectivity index (χ0v) is 9.15. The monoisotopic (exact) mass is 241 g/mol. The van der Waals surface area contributed by atoms with Crippen molar-refractivity contribution in [3.8, 4) is 5.75 Å². The predicted octanol–water partition coefficient (Wildman–Crippen LogP) is 2.53. The van der Waals surface area contributed by atoms with E-state index in [-0.39, 0.29) is 0 Å². The Morgan fingerprint density at radius 3 is 3.08 bits per heavy atom. The van der Waals surface area contributed by atoms with Crippen LogP contribution in [0.5, 0.6) is 5.75 Å². The van der Waals surface area contributed by atoms with Crippen LogP contribution in [0.1, 0.15) is 18.1 Å². The van der Waals surface area contributed by atoms with Crippen LogP contribution >= 0.6 is 15.9 Å². The van der Waals surface area contributed by atoms with E-state index in [1.54, 1.807) is 0 Å². The fraction of sp³-hybridized carbons (Fsp3) is 0.400. The third-order valence-corrected chi connectivity index (χ3v) is 3.10. The highest BCUT2D eigenvalue weighted by atomic mass is 79.9. The van der Waals surface area contributed by atoms with Crippen molar-refractivity contribution < 1.29 is 4.74 Å². The zero-order valence-electron chi connectivity index (χ0n) is 7.56. The van der Waals surface area contributed by atoms with Gasteiger partial charge >= 0.3 is 0 Å². The fourth-order valence-electron chi connectivity index (χ4n) is 1.74. The molecule has 1 aromatic carbocycles. The Balaban J connectivity index is 2.64. The van der Waals surface area contributed by atoms with Gasteiger partial charge in [-0.15, -0.1) is 0 Å². The number of hydrogen-bond donors (Lipinski definition) is 1. The summed E-state index contributed by atoms with van der Waals surface area (Å²) in [6.07, 6.45) is 2.03. The first-order chi connectivity index (χ1) is 6.24. The van der Waals surface area contributed by atoms with Crippen molar-refractivity contribution in [1.29, 1.82) is 0 Å². The molecule has 0 saturated heterocycles. The van der Waals surface area contributed by atoms with Crippen LogP contribution in [0.25, 0.3) is 0 Å². The summed E-state index contributed by atoms with van der Waals surface area (Å²) in [6, 6.07) is 2.10. The third-order valence-electron chi connectivity index (χ3n) is 2.44. The van der Waals surface area contributed by atoms with Gasteiger partial charge < -0.3 is 10.5 Å². The summed E-state index contributed by atoms with van der Waals surface area (Å²) in [5, 5.41) is 0. The SMILES string of the molecule is CCc1cc(Br)c(N)c2c1CCO2. The standard InChI is InChI=1S/C10H12BrNO/c1-2-6-5-8(11)9(12)10-7(6)3-4-13-10/h5H,2-4,12H2,1H3. The summed E-state index contributed by atoms with van der Waals surface area (Å²) in [5.41, 5.74) is 9.26. The number of fused-ring (bicyclic) bond motifs is 1. The minimum absolute atomic E-state index is 0.740. The normalized spacial score (nSPS) is 14.0. The summed E-state index contributed by atoms with van der Waals surface area (Å²) in [5.74, 6) is 0.895. The number of rotatable bonds is 1. The van der Waals surface area contributed by atoms with Gasteiger partial charge in [0.25, 0.3) is 0 Å². The molecule has 1 aliphatic rings. The quantitative estimate of drug-likeness (QED) is 0.768. The van der Waals surface area contributed by atoms with E-state index in [4.69, 9.17) is 10.5 Å². The molecule has 13 heavy (non-hydrogen) atoms. The first-order valence-electron chi connectivity index (χ1n) is 4.46. The van der Waals surface area contributed by atoms with Crippen molar-refractivity contribution in [2.45, 2.75) is 19.8 Å². The van der Waals surface area contributed by atoms with Gasteiger partial charge in [0.1, 0.15) is 5.75 Å². The average Bonchev–Trinajstić information content (AvgIpc) is 2.60. The lowest BCUT2D eigenvalue weighted by Crippen LogP contribution is -1.95. The highest BCUT2D eigenvalue weighted by molar-refractivity contribution is 9.10. The lowest BCUT2D eigenvalue weighted by molar-refractivity contribution is 0.358. The molecule has 0 unspecified atom stereocenters. The van der Waals surface area contributed by atoms with Crippen LogP contribution in [0.2, 0.25) is 0 Å². The molecule has 3 heteroatoms. The summed E-state index contributed by atoms with van der Waals surface area (Å²) in [7, 11) is 0. The molecule has 2 rings (SSSR count). The topological polar surface area (TPSA) is 35.2 Å². The number of halogens is 1. The van der Waals surface area contributed by atoms with Gasteiger partial charge in [0.2, 0.25) is 0 Å². The molecule has 0 aliphatic carbocycles. The van der Waals surface area contributed by atoms with E-state index in [2.05, 4.69) is 28.9 Å².